The molecule has 6 aromatic rings. The zero-order valence-electron chi connectivity index (χ0n) is 32.8. The second kappa shape index (κ2) is 17.5. The maximum absolute atomic E-state index is 14.9. The monoisotopic (exact) mass is 807 g/mol. The topological polar surface area (TPSA) is 137 Å². The van der Waals surface area contributed by atoms with Crippen molar-refractivity contribution >= 4 is 11.4 Å². The quantitative estimate of drug-likeness (QED) is 0.147. The molecule has 2 aliphatic rings. The van der Waals surface area contributed by atoms with Gasteiger partial charge in [-0.3, -0.25) is 0 Å². The van der Waals surface area contributed by atoms with Crippen molar-refractivity contribution in [2.24, 2.45) is 0 Å². The van der Waals surface area contributed by atoms with Gasteiger partial charge in [0.15, 0.2) is 0 Å². The van der Waals surface area contributed by atoms with Crippen LogP contribution in [0.4, 0.5) is 20.2 Å². The molecule has 2 aliphatic heterocycles. The molecule has 2 fully saturated rings. The number of hydrogen-bond donors (Lipinski definition) is 2. The smallest absolute Gasteiger partial charge is 0.350 e. The Bertz CT molecular complexity index is 2340. The SMILES string of the molecule is CC(NC(CO)c1ccccc1)C(C)n1ncn(-c2ccc(N3CCN(c4ccc(OCC5COC(Cn6cncn6)(c6ccc(F)cc6F)O5)cc4)CC3)cc2)c1=O. The zero-order valence-corrected chi connectivity index (χ0v) is 32.8. The van der Waals surface area contributed by atoms with Gasteiger partial charge in [0.1, 0.15) is 55.6 Å². The van der Waals surface area contributed by atoms with E-state index in [-0.39, 0.29) is 55.7 Å². The van der Waals surface area contributed by atoms with Crippen LogP contribution in [0.1, 0.15) is 37.1 Å². The Hall–Kier alpha value is -5.94. The highest BCUT2D eigenvalue weighted by Crippen LogP contribution is 2.38. The van der Waals surface area contributed by atoms with Gasteiger partial charge >= 0.3 is 5.69 Å². The van der Waals surface area contributed by atoms with Crippen LogP contribution >= 0.6 is 0 Å². The summed E-state index contributed by atoms with van der Waals surface area (Å²) in [5.41, 5.74) is 3.70. The molecule has 5 atom stereocenters. The van der Waals surface area contributed by atoms with Crippen LogP contribution in [0.25, 0.3) is 5.69 Å². The van der Waals surface area contributed by atoms with Crippen molar-refractivity contribution in [1.82, 2.24) is 34.4 Å². The van der Waals surface area contributed by atoms with E-state index in [4.69, 9.17) is 14.2 Å². The number of ether oxygens (including phenoxy) is 3. The molecular weight excluding hydrogens is 761 g/mol. The van der Waals surface area contributed by atoms with Gasteiger partial charge in [0.05, 0.1) is 31.0 Å². The van der Waals surface area contributed by atoms with Gasteiger partial charge in [-0.25, -0.2) is 32.5 Å². The number of aromatic nitrogens is 6. The third-order valence-electron chi connectivity index (χ3n) is 11.1. The highest BCUT2D eigenvalue weighted by molar-refractivity contribution is 5.54. The molecule has 0 aliphatic carbocycles. The van der Waals surface area contributed by atoms with Crippen LogP contribution < -0.4 is 25.5 Å². The first-order valence-electron chi connectivity index (χ1n) is 19.7. The highest BCUT2D eigenvalue weighted by atomic mass is 19.1. The van der Waals surface area contributed by atoms with Crippen LogP contribution in [0.15, 0.2) is 121 Å². The van der Waals surface area contributed by atoms with Crippen molar-refractivity contribution < 1.29 is 28.1 Å². The average molecular weight is 808 g/mol. The van der Waals surface area contributed by atoms with E-state index in [2.05, 4.69) is 30.3 Å². The number of anilines is 2. The van der Waals surface area contributed by atoms with Gasteiger partial charge in [-0.05, 0) is 80.1 Å². The minimum Gasteiger partial charge on any atom is -0.491 e. The fraction of sp³-hybridized carbons (Fsp3) is 0.349. The van der Waals surface area contributed by atoms with Crippen LogP contribution in [-0.2, 0) is 21.8 Å². The molecule has 4 aromatic carbocycles. The molecule has 2 N–H and O–H groups in total. The van der Waals surface area contributed by atoms with Gasteiger partial charge in [0.2, 0.25) is 5.79 Å². The summed E-state index contributed by atoms with van der Waals surface area (Å²) in [7, 11) is 0. The molecule has 2 saturated heterocycles. The maximum Gasteiger partial charge on any atom is 0.350 e. The Labute approximate surface area is 340 Å². The van der Waals surface area contributed by atoms with E-state index in [9.17, 15) is 18.7 Å². The lowest BCUT2D eigenvalue weighted by Crippen LogP contribution is -2.46. The first-order valence-corrected chi connectivity index (χ1v) is 19.7. The van der Waals surface area contributed by atoms with E-state index in [1.807, 2.05) is 92.7 Å². The molecule has 5 unspecified atom stereocenters. The minimum absolute atomic E-state index is 0.0225. The van der Waals surface area contributed by atoms with Crippen molar-refractivity contribution in [2.45, 2.75) is 50.4 Å². The summed E-state index contributed by atoms with van der Waals surface area (Å²) in [6.45, 7) is 7.47. The lowest BCUT2D eigenvalue weighted by Gasteiger charge is -2.37. The lowest BCUT2D eigenvalue weighted by atomic mass is 10.0. The molecule has 0 bridgehead atoms. The second-order valence-electron chi connectivity index (χ2n) is 14.9. The van der Waals surface area contributed by atoms with E-state index >= 15 is 0 Å². The van der Waals surface area contributed by atoms with Crippen molar-refractivity contribution in [2.75, 3.05) is 55.8 Å². The molecule has 0 amide bonds. The Morgan fingerprint density at radius 2 is 1.56 bits per heavy atom. The van der Waals surface area contributed by atoms with Crippen LogP contribution in [0.2, 0.25) is 0 Å². The van der Waals surface area contributed by atoms with Crippen molar-refractivity contribution in [3.8, 4) is 11.4 Å². The van der Waals surface area contributed by atoms with Gasteiger partial charge in [0.25, 0.3) is 0 Å². The number of rotatable bonds is 15. The van der Waals surface area contributed by atoms with Crippen LogP contribution in [0.3, 0.4) is 0 Å². The Kier molecular flexibility index (Phi) is 11.8. The predicted octanol–water partition coefficient (Wildman–Crippen LogP) is 4.85. The Morgan fingerprint density at radius 3 is 2.20 bits per heavy atom. The van der Waals surface area contributed by atoms with Crippen LogP contribution in [0.5, 0.6) is 5.75 Å². The van der Waals surface area contributed by atoms with Gasteiger partial charge in [0, 0.05) is 55.2 Å². The molecule has 308 valence electrons. The molecule has 0 spiro atoms. The third-order valence-corrected chi connectivity index (χ3v) is 11.1. The average Bonchev–Trinajstić information content (AvgIpc) is 4.03. The van der Waals surface area contributed by atoms with Gasteiger partial charge in [-0.15, -0.1) is 0 Å². The van der Waals surface area contributed by atoms with Crippen molar-refractivity contribution in [3.63, 3.8) is 0 Å². The van der Waals surface area contributed by atoms with Crippen LogP contribution in [0, 0.1) is 11.6 Å². The molecule has 14 nitrogen and oxygen atoms in total. The fourth-order valence-corrected chi connectivity index (χ4v) is 7.65. The summed E-state index contributed by atoms with van der Waals surface area (Å²) >= 11 is 0. The predicted molar refractivity (Wildman–Crippen MR) is 217 cm³/mol. The number of nitrogens with zero attached hydrogens (tertiary/aromatic N) is 8. The van der Waals surface area contributed by atoms with Gasteiger partial charge in [-0.1, -0.05) is 30.3 Å². The molecule has 0 radical (unpaired) electrons. The molecular formula is C43H47F2N9O5. The fourth-order valence-electron chi connectivity index (χ4n) is 7.65. The van der Waals surface area contributed by atoms with E-state index in [1.165, 1.54) is 34.2 Å². The summed E-state index contributed by atoms with van der Waals surface area (Å²) in [5, 5.41) is 22.0. The first-order chi connectivity index (χ1) is 28.7. The normalized spacial score (nSPS) is 19.8. The minimum atomic E-state index is -1.53. The molecule has 4 heterocycles. The van der Waals surface area contributed by atoms with Crippen LogP contribution in [-0.4, -0.2) is 92.4 Å². The van der Waals surface area contributed by atoms with Gasteiger partial charge in [-0.2, -0.15) is 10.2 Å². The van der Waals surface area contributed by atoms with E-state index in [0.717, 1.165) is 54.9 Å². The number of halogens is 2. The highest BCUT2D eigenvalue weighted by Gasteiger charge is 2.46. The third kappa shape index (κ3) is 8.76. The maximum atomic E-state index is 14.9. The van der Waals surface area contributed by atoms with Crippen molar-refractivity contribution in [3.05, 3.63) is 149 Å². The molecule has 0 saturated carbocycles. The first kappa shape index (κ1) is 39.9. The van der Waals surface area contributed by atoms with E-state index < -0.39 is 23.5 Å². The number of hydrogen-bond acceptors (Lipinski definition) is 11. The summed E-state index contributed by atoms with van der Waals surface area (Å²) in [6.07, 6.45) is 3.88. The number of benzene rings is 4. The van der Waals surface area contributed by atoms with Gasteiger partial charge < -0.3 is 34.4 Å². The molecule has 8 rings (SSSR count). The number of aliphatic hydroxyl groups excluding tert-OH is 1. The molecule has 59 heavy (non-hydrogen) atoms. The lowest BCUT2D eigenvalue weighted by molar-refractivity contribution is -0.192. The Morgan fingerprint density at radius 1 is 0.881 bits per heavy atom. The zero-order chi connectivity index (χ0) is 40.9. The van der Waals surface area contributed by atoms with Crippen molar-refractivity contribution in [1.29, 1.82) is 0 Å². The Balaban J connectivity index is 0.827. The summed E-state index contributed by atoms with van der Waals surface area (Å²) in [4.78, 5) is 22.1. The molecule has 16 heteroatoms. The number of nitrogens with one attached hydrogen (secondary N) is 1. The largest absolute Gasteiger partial charge is 0.491 e. The number of piperazine rings is 1. The van der Waals surface area contributed by atoms with E-state index in [1.54, 1.807) is 10.9 Å². The number of aliphatic hydroxyl groups is 1. The van der Waals surface area contributed by atoms with E-state index in [0.29, 0.717) is 5.75 Å². The summed E-state index contributed by atoms with van der Waals surface area (Å²) < 4.78 is 51.6. The second-order valence-corrected chi connectivity index (χ2v) is 14.9. The standard InChI is InChI=1S/C43H47F2N9O5/c1-30(49-41(23-55)32-6-4-3-5-7-32)31(2)54-42(56)53(29-48-54)36-11-9-34(10-12-36)50-18-20-51(21-19-50)35-13-15-37(16-14-35)57-24-38-25-58-43(59-38,26-52-28-46-27-47-52)39-17-8-33(44)22-40(39)45/h3-17,22,27-31,38,41,49,55H,18-21,23-26H2,1-2H3. The summed E-state index contributed by atoms with van der Waals surface area (Å²) in [6, 6.07) is 28.2. The summed E-state index contributed by atoms with van der Waals surface area (Å²) in [5.74, 6) is -2.34. The molecule has 2 aromatic heterocycles.